The smallest absolute Gasteiger partial charge is 0.407 e. The van der Waals surface area contributed by atoms with Crippen molar-refractivity contribution in [3.63, 3.8) is 0 Å². The fourth-order valence-corrected chi connectivity index (χ4v) is 4.12. The Bertz CT molecular complexity index is 1070. The second kappa shape index (κ2) is 9.00. The molecule has 0 aliphatic heterocycles. The molecule has 0 heterocycles. The van der Waals surface area contributed by atoms with E-state index in [-0.39, 0.29) is 25.4 Å². The summed E-state index contributed by atoms with van der Waals surface area (Å²) in [4.78, 5) is 23.7. The molecular formula is C25H22FNO4. The molecule has 3 aromatic carbocycles. The van der Waals surface area contributed by atoms with Crippen LogP contribution in [0.2, 0.25) is 0 Å². The molecule has 5 nitrogen and oxygen atoms in total. The van der Waals surface area contributed by atoms with Gasteiger partial charge in [0.15, 0.2) is 0 Å². The summed E-state index contributed by atoms with van der Waals surface area (Å²) in [6.45, 7) is 0.124. The topological polar surface area (TPSA) is 75.6 Å². The molecule has 6 heteroatoms. The first-order valence-corrected chi connectivity index (χ1v) is 10.1. The number of alkyl carbamates (subject to hydrolysis) is 1. The van der Waals surface area contributed by atoms with E-state index in [0.29, 0.717) is 5.56 Å². The predicted octanol–water partition coefficient (Wildman–Crippen LogP) is 4.75. The first-order valence-electron chi connectivity index (χ1n) is 10.1. The van der Waals surface area contributed by atoms with E-state index in [1.807, 2.05) is 48.5 Å². The summed E-state index contributed by atoms with van der Waals surface area (Å²) in [5, 5.41) is 11.8. The van der Waals surface area contributed by atoms with E-state index in [2.05, 4.69) is 5.32 Å². The van der Waals surface area contributed by atoms with E-state index in [0.717, 1.165) is 22.3 Å². The van der Waals surface area contributed by atoms with E-state index >= 15 is 0 Å². The van der Waals surface area contributed by atoms with Gasteiger partial charge < -0.3 is 15.2 Å². The number of amides is 1. The number of ether oxygens (including phenoxy) is 1. The van der Waals surface area contributed by atoms with Crippen molar-refractivity contribution in [3.8, 4) is 11.1 Å². The van der Waals surface area contributed by atoms with Crippen LogP contribution >= 0.6 is 0 Å². The van der Waals surface area contributed by atoms with Crippen LogP contribution in [-0.4, -0.2) is 29.8 Å². The van der Waals surface area contributed by atoms with Gasteiger partial charge in [-0.2, -0.15) is 0 Å². The zero-order chi connectivity index (χ0) is 21.8. The summed E-state index contributed by atoms with van der Waals surface area (Å²) < 4.78 is 19.5. The molecule has 0 saturated heterocycles. The van der Waals surface area contributed by atoms with Crippen molar-refractivity contribution in [1.82, 2.24) is 5.32 Å². The molecule has 158 valence electrons. The molecule has 0 unspecified atom stereocenters. The number of hydrogen-bond acceptors (Lipinski definition) is 3. The normalized spacial score (nSPS) is 13.2. The summed E-state index contributed by atoms with van der Waals surface area (Å²) in [5.74, 6) is -1.62. The molecule has 1 atom stereocenters. The Kier molecular flexibility index (Phi) is 5.98. The van der Waals surface area contributed by atoms with Crippen LogP contribution in [0.25, 0.3) is 11.1 Å². The number of halogens is 1. The number of carboxylic acids is 1. The Morgan fingerprint density at radius 1 is 0.935 bits per heavy atom. The highest BCUT2D eigenvalue weighted by Gasteiger charge is 2.29. The van der Waals surface area contributed by atoms with Crippen LogP contribution in [0.1, 0.15) is 29.0 Å². The zero-order valence-corrected chi connectivity index (χ0v) is 16.8. The average Bonchev–Trinajstić information content (AvgIpc) is 3.07. The number of rotatable bonds is 7. The van der Waals surface area contributed by atoms with Gasteiger partial charge in [-0.3, -0.25) is 4.79 Å². The van der Waals surface area contributed by atoms with Crippen molar-refractivity contribution in [2.45, 2.75) is 24.8 Å². The lowest BCUT2D eigenvalue weighted by Crippen LogP contribution is -2.39. The third-order valence-electron chi connectivity index (χ3n) is 5.51. The number of fused-ring (bicyclic) bond motifs is 3. The van der Waals surface area contributed by atoms with Crippen LogP contribution < -0.4 is 5.32 Å². The van der Waals surface area contributed by atoms with E-state index in [9.17, 15) is 19.1 Å². The molecule has 31 heavy (non-hydrogen) atoms. The predicted molar refractivity (Wildman–Crippen MR) is 114 cm³/mol. The van der Waals surface area contributed by atoms with Gasteiger partial charge in [-0.25, -0.2) is 9.18 Å². The highest BCUT2D eigenvalue weighted by atomic mass is 19.1. The van der Waals surface area contributed by atoms with Gasteiger partial charge in [0.2, 0.25) is 0 Å². The van der Waals surface area contributed by atoms with Crippen LogP contribution in [-0.2, 0) is 16.0 Å². The monoisotopic (exact) mass is 419 g/mol. The second-order valence-electron chi connectivity index (χ2n) is 7.56. The van der Waals surface area contributed by atoms with Gasteiger partial charge in [-0.1, -0.05) is 66.7 Å². The van der Waals surface area contributed by atoms with Crippen molar-refractivity contribution in [2.75, 3.05) is 6.61 Å². The van der Waals surface area contributed by atoms with Crippen molar-refractivity contribution < 1.29 is 23.8 Å². The van der Waals surface area contributed by atoms with E-state index in [4.69, 9.17) is 4.74 Å². The van der Waals surface area contributed by atoms with Gasteiger partial charge in [0.25, 0.3) is 0 Å². The largest absolute Gasteiger partial charge is 0.481 e. The number of benzene rings is 3. The Morgan fingerprint density at radius 3 is 2.13 bits per heavy atom. The molecule has 1 aliphatic rings. The van der Waals surface area contributed by atoms with Crippen LogP contribution in [0.5, 0.6) is 0 Å². The Morgan fingerprint density at radius 2 is 1.52 bits per heavy atom. The molecule has 4 rings (SSSR count). The lowest BCUT2D eigenvalue weighted by atomic mass is 9.98. The third-order valence-corrected chi connectivity index (χ3v) is 5.51. The Balaban J connectivity index is 1.44. The maximum absolute atomic E-state index is 14.0. The molecule has 0 spiro atoms. The van der Waals surface area contributed by atoms with Gasteiger partial charge >= 0.3 is 12.1 Å². The molecule has 0 fully saturated rings. The number of carbonyl (C=O) groups excluding carboxylic acids is 1. The van der Waals surface area contributed by atoms with E-state index < -0.39 is 23.9 Å². The van der Waals surface area contributed by atoms with Gasteiger partial charge in [0.1, 0.15) is 12.4 Å². The zero-order valence-electron chi connectivity index (χ0n) is 16.8. The van der Waals surface area contributed by atoms with E-state index in [1.54, 1.807) is 18.2 Å². The maximum Gasteiger partial charge on any atom is 0.407 e. The molecule has 2 N–H and O–H groups in total. The summed E-state index contributed by atoms with van der Waals surface area (Å²) in [6.07, 6.45) is -0.994. The number of aliphatic carboxylic acids is 1. The van der Waals surface area contributed by atoms with Crippen molar-refractivity contribution in [2.24, 2.45) is 0 Å². The van der Waals surface area contributed by atoms with Crippen LogP contribution in [0.3, 0.4) is 0 Å². The molecule has 0 bridgehead atoms. The molecular weight excluding hydrogens is 397 g/mol. The quantitative estimate of drug-likeness (QED) is 0.580. The first kappa shape index (κ1) is 20.6. The maximum atomic E-state index is 14.0. The summed E-state index contributed by atoms with van der Waals surface area (Å²) in [5.41, 5.74) is 4.76. The summed E-state index contributed by atoms with van der Waals surface area (Å²) in [7, 11) is 0. The van der Waals surface area contributed by atoms with Crippen molar-refractivity contribution in [3.05, 3.63) is 95.3 Å². The van der Waals surface area contributed by atoms with Crippen LogP contribution in [0.15, 0.2) is 72.8 Å². The second-order valence-corrected chi connectivity index (χ2v) is 7.56. The molecule has 0 radical (unpaired) electrons. The van der Waals surface area contributed by atoms with Gasteiger partial charge in [0, 0.05) is 12.0 Å². The standard InChI is InChI=1S/C25H22FNO4/c26-23-12-6-1-7-16(23)13-17(14-24(28)29)27-25(30)31-15-22-20-10-4-2-8-18(20)19-9-3-5-11-21(19)22/h1-12,17,22H,13-15H2,(H,27,30)(H,28,29)/t17-/m1/s1. The SMILES string of the molecule is O=C(O)C[C@@H](Cc1ccccc1F)NC(=O)OCC1c2ccccc2-c2ccccc21. The lowest BCUT2D eigenvalue weighted by Gasteiger charge is -2.19. The highest BCUT2D eigenvalue weighted by molar-refractivity contribution is 5.79. The fourth-order valence-electron chi connectivity index (χ4n) is 4.12. The minimum absolute atomic E-state index is 0.0587. The summed E-state index contributed by atoms with van der Waals surface area (Å²) >= 11 is 0. The minimum atomic E-state index is -1.08. The lowest BCUT2D eigenvalue weighted by molar-refractivity contribution is -0.137. The van der Waals surface area contributed by atoms with Crippen LogP contribution in [0, 0.1) is 5.82 Å². The fraction of sp³-hybridized carbons (Fsp3) is 0.200. The number of hydrogen-bond donors (Lipinski definition) is 2. The Hall–Kier alpha value is -3.67. The first-order chi connectivity index (χ1) is 15.0. The van der Waals surface area contributed by atoms with E-state index in [1.165, 1.54) is 6.07 Å². The van der Waals surface area contributed by atoms with Crippen molar-refractivity contribution >= 4 is 12.1 Å². The van der Waals surface area contributed by atoms with Crippen LogP contribution in [0.4, 0.5) is 9.18 Å². The molecule has 1 aliphatic carbocycles. The summed E-state index contributed by atoms with van der Waals surface area (Å²) in [6, 6.07) is 21.3. The Labute approximate surface area is 179 Å². The molecule has 0 saturated carbocycles. The average molecular weight is 419 g/mol. The van der Waals surface area contributed by atoms with Gasteiger partial charge in [-0.05, 0) is 40.3 Å². The highest BCUT2D eigenvalue weighted by Crippen LogP contribution is 2.44. The number of carboxylic acid groups (broad SMARTS) is 1. The molecule has 3 aromatic rings. The van der Waals surface area contributed by atoms with Gasteiger partial charge in [-0.15, -0.1) is 0 Å². The van der Waals surface area contributed by atoms with Gasteiger partial charge in [0.05, 0.1) is 6.42 Å². The minimum Gasteiger partial charge on any atom is -0.481 e. The molecule has 1 amide bonds. The van der Waals surface area contributed by atoms with Crippen molar-refractivity contribution in [1.29, 1.82) is 0 Å². The number of nitrogens with one attached hydrogen (secondary N) is 1. The third kappa shape index (κ3) is 4.58. The number of carbonyl (C=O) groups is 2. The molecule has 0 aromatic heterocycles.